The van der Waals surface area contributed by atoms with Crippen LogP contribution in [0.15, 0.2) is 35.7 Å². The summed E-state index contributed by atoms with van der Waals surface area (Å²) in [6.07, 6.45) is 3.45. The minimum Gasteiger partial charge on any atom is -0.399 e. The predicted octanol–water partition coefficient (Wildman–Crippen LogP) is 2.26. The number of hydrogen-bond donors (Lipinski definition) is 2. The molecule has 1 heterocycles. The van der Waals surface area contributed by atoms with Gasteiger partial charge in [0.25, 0.3) is 0 Å². The number of imidazole rings is 1. The molecule has 1 unspecified atom stereocenters. The molecule has 0 aliphatic heterocycles. The van der Waals surface area contributed by atoms with Crippen molar-refractivity contribution in [3.05, 3.63) is 36.4 Å². The average Bonchev–Trinajstić information content (AvgIpc) is 2.79. The molecule has 1 aromatic carbocycles. The van der Waals surface area contributed by atoms with Crippen LogP contribution >= 0.6 is 11.8 Å². The fraction of sp³-hybridized carbons (Fsp3) is 0.231. The summed E-state index contributed by atoms with van der Waals surface area (Å²) in [5, 5.41) is 2.85. The van der Waals surface area contributed by atoms with Gasteiger partial charge in [0.15, 0.2) is 5.16 Å². The van der Waals surface area contributed by atoms with Crippen molar-refractivity contribution in [3.8, 4) is 0 Å². The Morgan fingerprint density at radius 1 is 1.55 bits per heavy atom. The largest absolute Gasteiger partial charge is 0.399 e. The van der Waals surface area contributed by atoms with Crippen LogP contribution in [0.3, 0.4) is 0 Å². The fourth-order valence-electron chi connectivity index (χ4n) is 1.55. The Balaban J connectivity index is 2.04. The van der Waals surface area contributed by atoms with Crippen LogP contribution in [0, 0.1) is 5.82 Å². The van der Waals surface area contributed by atoms with Gasteiger partial charge in [0.1, 0.15) is 5.82 Å². The number of aromatic nitrogens is 2. The number of carbonyl (C=O) groups is 1. The molecule has 0 bridgehead atoms. The smallest absolute Gasteiger partial charge is 0.237 e. The number of nitrogens with one attached hydrogen (secondary N) is 1. The summed E-state index contributed by atoms with van der Waals surface area (Å²) < 4.78 is 15.4. The number of aryl methyl sites for hydroxylation is 1. The highest BCUT2D eigenvalue weighted by molar-refractivity contribution is 8.00. The highest BCUT2D eigenvalue weighted by Crippen LogP contribution is 2.23. The molecule has 1 aromatic heterocycles. The van der Waals surface area contributed by atoms with E-state index in [1.807, 2.05) is 11.6 Å². The van der Waals surface area contributed by atoms with E-state index in [2.05, 4.69) is 10.3 Å². The number of carbonyl (C=O) groups excluding carboxylic acids is 1. The molecule has 1 atom stereocenters. The predicted molar refractivity (Wildman–Crippen MR) is 78.0 cm³/mol. The van der Waals surface area contributed by atoms with Gasteiger partial charge in [0, 0.05) is 25.1 Å². The summed E-state index contributed by atoms with van der Waals surface area (Å²) in [6, 6.07) is 4.06. The van der Waals surface area contributed by atoms with Crippen LogP contribution in [-0.2, 0) is 11.8 Å². The second-order valence-corrected chi connectivity index (χ2v) is 5.62. The zero-order chi connectivity index (χ0) is 14.7. The van der Waals surface area contributed by atoms with Crippen molar-refractivity contribution >= 4 is 29.0 Å². The van der Waals surface area contributed by atoms with Crippen LogP contribution in [0.5, 0.6) is 0 Å². The number of amides is 1. The third-order valence-corrected chi connectivity index (χ3v) is 3.85. The molecule has 3 N–H and O–H groups in total. The molecule has 1 amide bonds. The summed E-state index contributed by atoms with van der Waals surface area (Å²) >= 11 is 1.30. The summed E-state index contributed by atoms with van der Waals surface area (Å²) in [5.41, 5.74) is 6.05. The van der Waals surface area contributed by atoms with Gasteiger partial charge in [-0.15, -0.1) is 0 Å². The van der Waals surface area contributed by atoms with Gasteiger partial charge >= 0.3 is 0 Å². The van der Waals surface area contributed by atoms with Gasteiger partial charge in [0.05, 0.1) is 10.9 Å². The van der Waals surface area contributed by atoms with Gasteiger partial charge in [-0.2, -0.15) is 0 Å². The average molecular weight is 294 g/mol. The van der Waals surface area contributed by atoms with Crippen LogP contribution in [0.1, 0.15) is 6.92 Å². The fourth-order valence-corrected chi connectivity index (χ4v) is 2.38. The molecule has 0 radical (unpaired) electrons. The highest BCUT2D eigenvalue weighted by Gasteiger charge is 2.18. The van der Waals surface area contributed by atoms with Gasteiger partial charge in [0.2, 0.25) is 5.91 Å². The Morgan fingerprint density at radius 3 is 2.95 bits per heavy atom. The van der Waals surface area contributed by atoms with Gasteiger partial charge in [-0.1, -0.05) is 11.8 Å². The number of nitrogen functional groups attached to an aromatic ring is 1. The summed E-state index contributed by atoms with van der Waals surface area (Å²) in [4.78, 5) is 16.2. The zero-order valence-electron chi connectivity index (χ0n) is 11.1. The van der Waals surface area contributed by atoms with Gasteiger partial charge in [-0.05, 0) is 25.1 Å². The van der Waals surface area contributed by atoms with Crippen LogP contribution in [0.2, 0.25) is 0 Å². The maximum Gasteiger partial charge on any atom is 0.237 e. The number of hydrogen-bond acceptors (Lipinski definition) is 4. The third-order valence-electron chi connectivity index (χ3n) is 2.68. The SMILES string of the molecule is CC(Sc1nccn1C)C(=O)Nc1cc(N)ccc1F. The van der Waals surface area contributed by atoms with Crippen molar-refractivity contribution in [2.24, 2.45) is 7.05 Å². The Kier molecular flexibility index (Phi) is 4.29. The number of benzene rings is 1. The van der Waals surface area contributed by atoms with E-state index in [0.29, 0.717) is 5.69 Å². The molecule has 20 heavy (non-hydrogen) atoms. The minimum absolute atomic E-state index is 0.0855. The van der Waals surface area contributed by atoms with Crippen molar-refractivity contribution in [3.63, 3.8) is 0 Å². The molecule has 106 valence electrons. The Morgan fingerprint density at radius 2 is 2.30 bits per heavy atom. The van der Waals surface area contributed by atoms with Crippen LogP contribution < -0.4 is 11.1 Å². The lowest BCUT2D eigenvalue weighted by Gasteiger charge is -2.12. The molecule has 0 spiro atoms. The summed E-state index contributed by atoms with van der Waals surface area (Å²) in [6.45, 7) is 1.74. The van der Waals surface area contributed by atoms with E-state index in [-0.39, 0.29) is 11.6 Å². The lowest BCUT2D eigenvalue weighted by molar-refractivity contribution is -0.115. The molecule has 0 saturated heterocycles. The lowest BCUT2D eigenvalue weighted by Crippen LogP contribution is -2.23. The van der Waals surface area contributed by atoms with E-state index in [0.717, 1.165) is 5.16 Å². The van der Waals surface area contributed by atoms with Gasteiger partial charge < -0.3 is 15.6 Å². The van der Waals surface area contributed by atoms with E-state index >= 15 is 0 Å². The molecule has 2 aromatic rings. The van der Waals surface area contributed by atoms with E-state index in [1.54, 1.807) is 19.3 Å². The van der Waals surface area contributed by atoms with E-state index in [4.69, 9.17) is 5.73 Å². The first-order chi connectivity index (χ1) is 9.47. The molecular weight excluding hydrogens is 279 g/mol. The number of thioether (sulfide) groups is 1. The standard InChI is InChI=1S/C13H15FN4OS/c1-8(20-13-16-5-6-18(13)2)12(19)17-11-7-9(15)3-4-10(11)14/h3-8H,15H2,1-2H3,(H,17,19). The minimum atomic E-state index is -0.512. The molecular formula is C13H15FN4OS. The molecule has 0 aliphatic carbocycles. The zero-order valence-corrected chi connectivity index (χ0v) is 11.9. The molecule has 0 aliphatic rings. The number of nitrogens with zero attached hydrogens (tertiary/aromatic N) is 2. The van der Waals surface area contributed by atoms with Crippen LogP contribution in [-0.4, -0.2) is 20.7 Å². The van der Waals surface area contributed by atoms with E-state index < -0.39 is 11.1 Å². The van der Waals surface area contributed by atoms with Crippen molar-refractivity contribution in [1.29, 1.82) is 0 Å². The maximum absolute atomic E-state index is 13.5. The molecule has 0 fully saturated rings. The Bertz CT molecular complexity index is 629. The van der Waals surface area contributed by atoms with Crippen LogP contribution in [0.25, 0.3) is 0 Å². The van der Waals surface area contributed by atoms with E-state index in [1.165, 1.54) is 30.0 Å². The number of halogens is 1. The Hall–Kier alpha value is -2.02. The first-order valence-electron chi connectivity index (χ1n) is 5.97. The van der Waals surface area contributed by atoms with Crippen LogP contribution in [0.4, 0.5) is 15.8 Å². The van der Waals surface area contributed by atoms with E-state index in [9.17, 15) is 9.18 Å². The highest BCUT2D eigenvalue weighted by atomic mass is 32.2. The number of nitrogens with two attached hydrogens (primary N) is 1. The second-order valence-electron chi connectivity index (χ2n) is 4.31. The summed E-state index contributed by atoms with van der Waals surface area (Å²) in [7, 11) is 1.84. The monoisotopic (exact) mass is 294 g/mol. The number of anilines is 2. The lowest BCUT2D eigenvalue weighted by atomic mass is 10.2. The molecule has 2 rings (SSSR count). The van der Waals surface area contributed by atoms with Crippen molar-refractivity contribution in [1.82, 2.24) is 9.55 Å². The van der Waals surface area contributed by atoms with Crippen molar-refractivity contribution in [2.75, 3.05) is 11.1 Å². The number of rotatable bonds is 4. The normalized spacial score (nSPS) is 12.2. The van der Waals surface area contributed by atoms with Gasteiger partial charge in [-0.25, -0.2) is 9.37 Å². The topological polar surface area (TPSA) is 72.9 Å². The van der Waals surface area contributed by atoms with Gasteiger partial charge in [-0.3, -0.25) is 4.79 Å². The second kappa shape index (κ2) is 5.96. The molecule has 0 saturated carbocycles. The third kappa shape index (κ3) is 3.30. The first kappa shape index (κ1) is 14.4. The van der Waals surface area contributed by atoms with Crippen molar-refractivity contribution in [2.45, 2.75) is 17.3 Å². The molecule has 5 nitrogen and oxygen atoms in total. The summed E-state index contributed by atoms with van der Waals surface area (Å²) in [5.74, 6) is -0.816. The Labute approximate surface area is 120 Å². The van der Waals surface area contributed by atoms with Crippen molar-refractivity contribution < 1.29 is 9.18 Å². The molecule has 7 heteroatoms. The maximum atomic E-state index is 13.5. The first-order valence-corrected chi connectivity index (χ1v) is 6.85. The quantitative estimate of drug-likeness (QED) is 0.670.